The maximum absolute atomic E-state index is 11.9. The summed E-state index contributed by atoms with van der Waals surface area (Å²) in [6, 6.07) is 3.99. The van der Waals surface area contributed by atoms with E-state index >= 15 is 0 Å². The Morgan fingerprint density at radius 2 is 1.89 bits per heavy atom. The van der Waals surface area contributed by atoms with Crippen LogP contribution in [-0.4, -0.2) is 22.4 Å². The van der Waals surface area contributed by atoms with E-state index in [1.807, 2.05) is 19.1 Å². The largest absolute Gasteiger partial charge is 0.412 e. The first-order valence-corrected chi connectivity index (χ1v) is 6.52. The normalized spacial score (nSPS) is 28.2. The third-order valence-electron chi connectivity index (χ3n) is 4.33. The number of hydrogen-bond donors (Lipinski definition) is 2. The van der Waals surface area contributed by atoms with Crippen LogP contribution in [0.5, 0.6) is 0 Å². The fourth-order valence-corrected chi connectivity index (χ4v) is 3.01. The molecule has 0 bridgehead atoms. The molecule has 0 radical (unpaired) electrons. The second-order valence-corrected chi connectivity index (χ2v) is 5.38. The average Bonchev–Trinajstić information content (AvgIpc) is 2.39. The minimum absolute atomic E-state index is 0. The summed E-state index contributed by atoms with van der Waals surface area (Å²) >= 11 is 0. The highest BCUT2D eigenvalue weighted by molar-refractivity contribution is 5.86. The smallest absolute Gasteiger partial charge is 0.228 e. The highest BCUT2D eigenvalue weighted by Crippen LogP contribution is 2.41. The lowest BCUT2D eigenvalue weighted by atomic mass is 9.65. The third kappa shape index (κ3) is 2.93. The molecule has 0 saturated heterocycles. The molecule has 1 aliphatic carbocycles. The Labute approximate surface area is 113 Å². The number of nitrogens with zero attached hydrogens (tertiary/aromatic N) is 1. The first-order chi connectivity index (χ1) is 8.56. The van der Waals surface area contributed by atoms with Gasteiger partial charge in [-0.15, -0.1) is 0 Å². The van der Waals surface area contributed by atoms with Crippen LogP contribution in [0.4, 0.5) is 0 Å². The van der Waals surface area contributed by atoms with Crippen LogP contribution in [-0.2, 0) is 10.2 Å². The van der Waals surface area contributed by atoms with E-state index in [4.69, 9.17) is 11.5 Å². The molecule has 1 atom stereocenters. The molecule has 0 aromatic carbocycles. The van der Waals surface area contributed by atoms with Crippen molar-refractivity contribution >= 4 is 5.91 Å². The number of carbonyl (C=O) groups is 1. The maximum atomic E-state index is 11.9. The molecule has 1 saturated carbocycles. The Hall–Kier alpha value is -1.46. The number of primary amides is 1. The Morgan fingerprint density at radius 3 is 2.32 bits per heavy atom. The summed E-state index contributed by atoms with van der Waals surface area (Å²) in [6.45, 7) is 2.04. The van der Waals surface area contributed by atoms with Crippen molar-refractivity contribution in [3.8, 4) is 0 Å². The number of carbonyl (C=O) groups excluding carboxylic acids is 1. The van der Waals surface area contributed by atoms with E-state index in [9.17, 15) is 4.79 Å². The van der Waals surface area contributed by atoms with Crippen molar-refractivity contribution in [3.05, 3.63) is 30.1 Å². The molecule has 1 unspecified atom stereocenters. The molecule has 1 fully saturated rings. The molecule has 0 spiro atoms. The molecule has 2 rings (SSSR count). The zero-order chi connectivity index (χ0) is 13.2. The van der Waals surface area contributed by atoms with Gasteiger partial charge in [-0.1, -0.05) is 0 Å². The average molecular weight is 265 g/mol. The Morgan fingerprint density at radius 1 is 1.37 bits per heavy atom. The lowest BCUT2D eigenvalue weighted by Gasteiger charge is -2.39. The SMILES string of the molecule is CC(N)C1CCC(C(N)=O)(c2ccncc2)CC1.O. The number of pyridine rings is 1. The topological polar surface area (TPSA) is 114 Å². The zero-order valence-corrected chi connectivity index (χ0v) is 11.3. The van der Waals surface area contributed by atoms with Crippen molar-refractivity contribution in [3.63, 3.8) is 0 Å². The molecule has 5 nitrogen and oxygen atoms in total. The summed E-state index contributed by atoms with van der Waals surface area (Å²) < 4.78 is 0. The van der Waals surface area contributed by atoms with E-state index < -0.39 is 5.41 Å². The van der Waals surface area contributed by atoms with Gasteiger partial charge in [0.15, 0.2) is 0 Å². The van der Waals surface area contributed by atoms with Crippen LogP contribution in [0.1, 0.15) is 38.2 Å². The van der Waals surface area contributed by atoms with Gasteiger partial charge < -0.3 is 16.9 Å². The second kappa shape index (κ2) is 6.12. The predicted molar refractivity (Wildman–Crippen MR) is 74.3 cm³/mol. The van der Waals surface area contributed by atoms with E-state index in [1.54, 1.807) is 12.4 Å². The van der Waals surface area contributed by atoms with Crippen LogP contribution in [0.15, 0.2) is 24.5 Å². The van der Waals surface area contributed by atoms with Crippen LogP contribution in [0.3, 0.4) is 0 Å². The van der Waals surface area contributed by atoms with Crippen molar-refractivity contribution in [2.75, 3.05) is 0 Å². The van der Waals surface area contributed by atoms with Gasteiger partial charge in [-0.05, 0) is 56.2 Å². The van der Waals surface area contributed by atoms with Crippen molar-refractivity contribution in [2.24, 2.45) is 17.4 Å². The minimum Gasteiger partial charge on any atom is -0.412 e. The number of amides is 1. The van der Waals surface area contributed by atoms with E-state index in [0.717, 1.165) is 31.2 Å². The van der Waals surface area contributed by atoms with Crippen LogP contribution in [0, 0.1) is 5.92 Å². The first kappa shape index (κ1) is 15.6. The predicted octanol–water partition coefficient (Wildman–Crippen LogP) is 0.517. The molecule has 1 aliphatic rings. The summed E-state index contributed by atoms with van der Waals surface area (Å²) in [5.74, 6) is 0.274. The van der Waals surface area contributed by atoms with Crippen LogP contribution >= 0.6 is 0 Å². The molecule has 1 aromatic heterocycles. The minimum atomic E-state index is -0.520. The fourth-order valence-electron chi connectivity index (χ4n) is 3.01. The first-order valence-electron chi connectivity index (χ1n) is 6.52. The van der Waals surface area contributed by atoms with Crippen LogP contribution in [0.25, 0.3) is 0 Å². The van der Waals surface area contributed by atoms with E-state index in [-0.39, 0.29) is 17.4 Å². The van der Waals surface area contributed by atoms with E-state index in [2.05, 4.69) is 4.98 Å². The van der Waals surface area contributed by atoms with Crippen LogP contribution in [0.2, 0.25) is 0 Å². The van der Waals surface area contributed by atoms with Gasteiger partial charge in [0.25, 0.3) is 0 Å². The molecule has 0 aliphatic heterocycles. The van der Waals surface area contributed by atoms with E-state index in [1.165, 1.54) is 0 Å². The number of hydrogen-bond acceptors (Lipinski definition) is 3. The summed E-state index contributed by atoms with van der Waals surface area (Å²) in [6.07, 6.45) is 6.94. The Bertz CT molecular complexity index is 412. The van der Waals surface area contributed by atoms with Gasteiger partial charge in [-0.2, -0.15) is 0 Å². The van der Waals surface area contributed by atoms with E-state index in [0.29, 0.717) is 5.92 Å². The molecule has 106 valence electrons. The molecule has 1 amide bonds. The fraction of sp³-hybridized carbons (Fsp3) is 0.571. The second-order valence-electron chi connectivity index (χ2n) is 5.38. The van der Waals surface area contributed by atoms with Crippen molar-refractivity contribution in [1.82, 2.24) is 4.98 Å². The molecular weight excluding hydrogens is 242 g/mol. The standard InChI is InChI=1S/C14H21N3O.H2O/c1-10(15)11-2-6-14(7-3-11,13(16)18)12-4-8-17-9-5-12;/h4-5,8-11H,2-3,6-7,15H2,1H3,(H2,16,18);1H2. The molecule has 1 aromatic rings. The van der Waals surface area contributed by atoms with Gasteiger partial charge in [0.2, 0.25) is 5.91 Å². The summed E-state index contributed by atoms with van der Waals surface area (Å²) in [7, 11) is 0. The van der Waals surface area contributed by atoms with Crippen molar-refractivity contribution in [2.45, 2.75) is 44.1 Å². The summed E-state index contributed by atoms with van der Waals surface area (Å²) in [4.78, 5) is 15.9. The van der Waals surface area contributed by atoms with Gasteiger partial charge in [0.05, 0.1) is 5.41 Å². The Balaban J connectivity index is 0.00000180. The van der Waals surface area contributed by atoms with Gasteiger partial charge in [0.1, 0.15) is 0 Å². The van der Waals surface area contributed by atoms with Gasteiger partial charge in [-0.3, -0.25) is 9.78 Å². The third-order valence-corrected chi connectivity index (χ3v) is 4.33. The lowest BCUT2D eigenvalue weighted by molar-refractivity contribution is -0.125. The highest BCUT2D eigenvalue weighted by atomic mass is 16.1. The van der Waals surface area contributed by atoms with Crippen LogP contribution < -0.4 is 11.5 Å². The quantitative estimate of drug-likeness (QED) is 0.830. The highest BCUT2D eigenvalue weighted by Gasteiger charge is 2.42. The number of rotatable bonds is 3. The lowest BCUT2D eigenvalue weighted by Crippen LogP contribution is -2.46. The molecular formula is C14H23N3O2. The number of aromatic nitrogens is 1. The van der Waals surface area contributed by atoms with Crippen molar-refractivity contribution in [1.29, 1.82) is 0 Å². The monoisotopic (exact) mass is 265 g/mol. The Kier molecular flexibility index (Phi) is 5.03. The molecule has 1 heterocycles. The zero-order valence-electron chi connectivity index (χ0n) is 11.3. The molecule has 19 heavy (non-hydrogen) atoms. The number of nitrogens with two attached hydrogens (primary N) is 2. The van der Waals surface area contributed by atoms with Gasteiger partial charge in [-0.25, -0.2) is 0 Å². The molecule has 5 heteroatoms. The van der Waals surface area contributed by atoms with Gasteiger partial charge in [0, 0.05) is 18.4 Å². The maximum Gasteiger partial charge on any atom is 0.228 e. The summed E-state index contributed by atoms with van der Waals surface area (Å²) in [5.41, 5.74) is 12.1. The van der Waals surface area contributed by atoms with Crippen molar-refractivity contribution < 1.29 is 10.3 Å². The van der Waals surface area contributed by atoms with Gasteiger partial charge >= 0.3 is 0 Å². The summed E-state index contributed by atoms with van der Waals surface area (Å²) in [5, 5.41) is 0. The molecule has 6 N–H and O–H groups in total.